The molecule has 20 heavy (non-hydrogen) atoms. The average molecular weight is 343 g/mol. The zero-order valence-corrected chi connectivity index (χ0v) is 12.8. The Kier molecular flexibility index (Phi) is 7.91. The molecule has 110 valence electrons. The van der Waals surface area contributed by atoms with E-state index < -0.39 is 0 Å². The maximum absolute atomic E-state index is 11.6. The van der Waals surface area contributed by atoms with E-state index in [-0.39, 0.29) is 25.0 Å². The fourth-order valence-corrected chi connectivity index (χ4v) is 1.98. The number of hydrogen-bond donors (Lipinski definition) is 3. The van der Waals surface area contributed by atoms with E-state index in [4.69, 9.17) is 5.11 Å². The van der Waals surface area contributed by atoms with Gasteiger partial charge in [-0.05, 0) is 37.1 Å². The monoisotopic (exact) mass is 342 g/mol. The van der Waals surface area contributed by atoms with Gasteiger partial charge in [-0.1, -0.05) is 15.9 Å². The molecule has 0 unspecified atom stereocenters. The standard InChI is InChI=1S/C14H19BrN2O3/c15-8-2-1-3-13(19)17-12-6-4-11(5-7-12)14(20)16-9-10-18/h4-7,18H,1-3,8-10H2,(H,16,20)(H,17,19). The summed E-state index contributed by atoms with van der Waals surface area (Å²) >= 11 is 3.32. The Balaban J connectivity index is 2.45. The summed E-state index contributed by atoms with van der Waals surface area (Å²) < 4.78 is 0. The van der Waals surface area contributed by atoms with Crippen LogP contribution in [0, 0.1) is 0 Å². The maximum Gasteiger partial charge on any atom is 0.251 e. The lowest BCUT2D eigenvalue weighted by atomic mass is 10.2. The Bertz CT molecular complexity index is 435. The Labute approximate surface area is 126 Å². The van der Waals surface area contributed by atoms with Crippen molar-refractivity contribution >= 4 is 33.4 Å². The summed E-state index contributed by atoms with van der Waals surface area (Å²) in [5.41, 5.74) is 1.17. The minimum absolute atomic E-state index is 0.0246. The SMILES string of the molecule is O=C(CCCCBr)Nc1ccc(C(=O)NCCO)cc1. The van der Waals surface area contributed by atoms with Gasteiger partial charge in [0.15, 0.2) is 0 Å². The van der Waals surface area contributed by atoms with Gasteiger partial charge in [-0.15, -0.1) is 0 Å². The number of benzene rings is 1. The predicted molar refractivity (Wildman–Crippen MR) is 82.1 cm³/mol. The minimum Gasteiger partial charge on any atom is -0.395 e. The summed E-state index contributed by atoms with van der Waals surface area (Å²) in [6, 6.07) is 6.66. The summed E-state index contributed by atoms with van der Waals surface area (Å²) in [5.74, 6) is -0.266. The van der Waals surface area contributed by atoms with Crippen LogP contribution in [0.2, 0.25) is 0 Å². The molecule has 6 heteroatoms. The van der Waals surface area contributed by atoms with E-state index in [0.717, 1.165) is 18.2 Å². The van der Waals surface area contributed by atoms with Crippen LogP contribution in [0.5, 0.6) is 0 Å². The van der Waals surface area contributed by atoms with Crippen LogP contribution in [0.3, 0.4) is 0 Å². The molecule has 0 aliphatic carbocycles. The molecule has 3 N–H and O–H groups in total. The molecule has 0 saturated heterocycles. The van der Waals surface area contributed by atoms with Crippen LogP contribution in [-0.2, 0) is 4.79 Å². The Hall–Kier alpha value is -1.40. The van der Waals surface area contributed by atoms with E-state index >= 15 is 0 Å². The number of aliphatic hydroxyl groups is 1. The highest BCUT2D eigenvalue weighted by Crippen LogP contribution is 2.10. The van der Waals surface area contributed by atoms with Crippen molar-refractivity contribution < 1.29 is 14.7 Å². The van der Waals surface area contributed by atoms with Crippen molar-refractivity contribution in [1.82, 2.24) is 5.32 Å². The van der Waals surface area contributed by atoms with Crippen molar-refractivity contribution in [1.29, 1.82) is 0 Å². The van der Waals surface area contributed by atoms with Gasteiger partial charge in [-0.25, -0.2) is 0 Å². The Morgan fingerprint density at radius 3 is 2.45 bits per heavy atom. The summed E-state index contributed by atoms with van der Waals surface area (Å²) in [7, 11) is 0. The molecule has 1 aromatic carbocycles. The number of rotatable bonds is 8. The van der Waals surface area contributed by atoms with Crippen molar-refractivity contribution in [3.63, 3.8) is 0 Å². The molecule has 0 saturated carbocycles. The van der Waals surface area contributed by atoms with Gasteiger partial charge in [0.2, 0.25) is 5.91 Å². The second kappa shape index (κ2) is 9.50. The number of hydrogen-bond acceptors (Lipinski definition) is 3. The summed E-state index contributed by atoms with van der Waals surface area (Å²) in [5, 5.41) is 14.9. The van der Waals surface area contributed by atoms with Gasteiger partial charge >= 0.3 is 0 Å². The molecule has 0 bridgehead atoms. The van der Waals surface area contributed by atoms with Gasteiger partial charge in [-0.2, -0.15) is 0 Å². The molecule has 5 nitrogen and oxygen atoms in total. The highest BCUT2D eigenvalue weighted by atomic mass is 79.9. The number of alkyl halides is 1. The van der Waals surface area contributed by atoms with Crippen LogP contribution < -0.4 is 10.6 Å². The van der Waals surface area contributed by atoms with E-state index in [0.29, 0.717) is 17.7 Å². The normalized spacial score (nSPS) is 10.1. The fourth-order valence-electron chi connectivity index (χ4n) is 1.58. The first-order valence-corrected chi connectivity index (χ1v) is 7.64. The van der Waals surface area contributed by atoms with Crippen molar-refractivity contribution in [2.45, 2.75) is 19.3 Å². The summed E-state index contributed by atoms with van der Waals surface area (Å²) in [6.07, 6.45) is 2.31. The summed E-state index contributed by atoms with van der Waals surface area (Å²) in [4.78, 5) is 23.2. The topological polar surface area (TPSA) is 78.4 Å². The van der Waals surface area contributed by atoms with Gasteiger partial charge in [0.25, 0.3) is 5.91 Å². The molecule has 1 aromatic rings. The van der Waals surface area contributed by atoms with Crippen molar-refractivity contribution in [2.24, 2.45) is 0 Å². The van der Waals surface area contributed by atoms with E-state index in [1.165, 1.54) is 0 Å². The molecule has 1 rings (SSSR count). The second-order valence-electron chi connectivity index (χ2n) is 4.25. The first kappa shape index (κ1) is 16.7. The third-order valence-electron chi connectivity index (χ3n) is 2.62. The third kappa shape index (κ3) is 6.16. The van der Waals surface area contributed by atoms with Crippen LogP contribution in [-0.4, -0.2) is 35.4 Å². The van der Waals surface area contributed by atoms with Crippen LogP contribution in [0.1, 0.15) is 29.6 Å². The number of aliphatic hydroxyl groups excluding tert-OH is 1. The number of nitrogens with one attached hydrogen (secondary N) is 2. The van der Waals surface area contributed by atoms with E-state index in [2.05, 4.69) is 26.6 Å². The number of carbonyl (C=O) groups is 2. The molecule has 0 aliphatic heterocycles. The molecule has 2 amide bonds. The average Bonchev–Trinajstić information content (AvgIpc) is 2.46. The van der Waals surface area contributed by atoms with Gasteiger partial charge < -0.3 is 15.7 Å². The number of anilines is 1. The van der Waals surface area contributed by atoms with Crippen LogP contribution >= 0.6 is 15.9 Å². The van der Waals surface area contributed by atoms with Gasteiger partial charge in [0.1, 0.15) is 0 Å². The minimum atomic E-state index is -0.241. The maximum atomic E-state index is 11.6. The number of carbonyl (C=O) groups excluding carboxylic acids is 2. The fraction of sp³-hybridized carbons (Fsp3) is 0.429. The molecule has 0 aromatic heterocycles. The zero-order chi connectivity index (χ0) is 14.8. The first-order valence-electron chi connectivity index (χ1n) is 6.52. The van der Waals surface area contributed by atoms with Crippen molar-refractivity contribution in [2.75, 3.05) is 23.8 Å². The van der Waals surface area contributed by atoms with Crippen LogP contribution in [0.15, 0.2) is 24.3 Å². The largest absolute Gasteiger partial charge is 0.395 e. The van der Waals surface area contributed by atoms with Crippen LogP contribution in [0.25, 0.3) is 0 Å². The van der Waals surface area contributed by atoms with Gasteiger partial charge in [0, 0.05) is 29.5 Å². The first-order chi connectivity index (χ1) is 9.67. The van der Waals surface area contributed by atoms with E-state index in [1.807, 2.05) is 0 Å². The molecule has 0 aliphatic rings. The van der Waals surface area contributed by atoms with E-state index in [1.54, 1.807) is 24.3 Å². The predicted octanol–water partition coefficient (Wildman–Crippen LogP) is 1.91. The van der Waals surface area contributed by atoms with Crippen molar-refractivity contribution in [3.8, 4) is 0 Å². The Morgan fingerprint density at radius 1 is 1.15 bits per heavy atom. The Morgan fingerprint density at radius 2 is 1.85 bits per heavy atom. The lowest BCUT2D eigenvalue weighted by molar-refractivity contribution is -0.116. The third-order valence-corrected chi connectivity index (χ3v) is 3.18. The van der Waals surface area contributed by atoms with E-state index in [9.17, 15) is 9.59 Å². The number of amides is 2. The lowest BCUT2D eigenvalue weighted by Gasteiger charge is -2.07. The molecule has 0 heterocycles. The molecular formula is C14H19BrN2O3. The quantitative estimate of drug-likeness (QED) is 0.498. The molecule has 0 radical (unpaired) electrons. The summed E-state index contributed by atoms with van der Waals surface area (Å²) in [6.45, 7) is 0.138. The second-order valence-corrected chi connectivity index (χ2v) is 5.04. The molecule has 0 atom stereocenters. The highest BCUT2D eigenvalue weighted by Gasteiger charge is 2.06. The van der Waals surface area contributed by atoms with Gasteiger partial charge in [0.05, 0.1) is 6.61 Å². The smallest absolute Gasteiger partial charge is 0.251 e. The zero-order valence-electron chi connectivity index (χ0n) is 11.2. The number of halogens is 1. The van der Waals surface area contributed by atoms with Gasteiger partial charge in [-0.3, -0.25) is 9.59 Å². The van der Waals surface area contributed by atoms with Crippen molar-refractivity contribution in [3.05, 3.63) is 29.8 Å². The lowest BCUT2D eigenvalue weighted by Crippen LogP contribution is -2.26. The molecule has 0 spiro atoms. The van der Waals surface area contributed by atoms with Crippen LogP contribution in [0.4, 0.5) is 5.69 Å². The molecule has 0 fully saturated rings. The highest BCUT2D eigenvalue weighted by molar-refractivity contribution is 9.09. The number of unbranched alkanes of at least 4 members (excludes halogenated alkanes) is 1. The molecular weight excluding hydrogens is 324 g/mol.